The minimum atomic E-state index is -0.424. The van der Waals surface area contributed by atoms with E-state index in [-0.39, 0.29) is 6.61 Å². The first-order valence-electron chi connectivity index (χ1n) is 8.93. The number of benzene rings is 2. The van der Waals surface area contributed by atoms with Crippen molar-refractivity contribution in [1.82, 2.24) is 4.57 Å². The number of thiazole rings is 1. The molecule has 0 fully saturated rings. The number of hydrogen-bond acceptors (Lipinski definition) is 5. The molecule has 1 heterocycles. The Kier molecular flexibility index (Phi) is 7.55. The van der Waals surface area contributed by atoms with Crippen LogP contribution in [0.4, 0.5) is 0 Å². The molecule has 154 valence electrons. The zero-order valence-corrected chi connectivity index (χ0v) is 18.3. The van der Waals surface area contributed by atoms with Gasteiger partial charge in [-0.3, -0.25) is 4.79 Å². The third-order valence-electron chi connectivity index (χ3n) is 4.01. The number of carbonyl (C=O) groups is 1. The van der Waals surface area contributed by atoms with E-state index in [1.807, 2.05) is 29.7 Å². The van der Waals surface area contributed by atoms with Crippen molar-refractivity contribution in [3.63, 3.8) is 0 Å². The Morgan fingerprint density at radius 2 is 2.03 bits per heavy atom. The van der Waals surface area contributed by atoms with Crippen molar-refractivity contribution in [1.29, 1.82) is 0 Å². The Morgan fingerprint density at radius 1 is 1.21 bits per heavy atom. The van der Waals surface area contributed by atoms with Crippen LogP contribution in [-0.2, 0) is 16.1 Å². The van der Waals surface area contributed by atoms with Crippen molar-refractivity contribution in [3.05, 3.63) is 51.2 Å². The summed E-state index contributed by atoms with van der Waals surface area (Å²) in [6, 6.07) is 10.6. The van der Waals surface area contributed by atoms with E-state index in [1.165, 1.54) is 11.3 Å². The van der Waals surface area contributed by atoms with Crippen LogP contribution in [0.2, 0.25) is 10.0 Å². The Hall–Kier alpha value is -2.06. The molecule has 0 saturated heterocycles. The summed E-state index contributed by atoms with van der Waals surface area (Å²) in [6.07, 6.45) is 0. The standard InChI is InChI=1S/C20H20Cl2N2O4S/c1-3-27-10-9-24-19-16(26-2)5-4-6-17(19)29-20(24)23-18(25)12-28-15-8-7-13(21)11-14(15)22/h4-8,11H,3,9-10,12H2,1-2H3. The van der Waals surface area contributed by atoms with Crippen LogP contribution in [0.15, 0.2) is 41.4 Å². The highest BCUT2D eigenvalue weighted by molar-refractivity contribution is 7.16. The predicted octanol–water partition coefficient (Wildman–Crippen LogP) is 4.56. The van der Waals surface area contributed by atoms with Crippen molar-refractivity contribution in [3.8, 4) is 11.5 Å². The number of amides is 1. The van der Waals surface area contributed by atoms with Crippen LogP contribution in [0, 0.1) is 0 Å². The molecule has 0 unspecified atom stereocenters. The van der Waals surface area contributed by atoms with Crippen LogP contribution in [0.5, 0.6) is 11.5 Å². The van der Waals surface area contributed by atoms with E-state index >= 15 is 0 Å². The van der Waals surface area contributed by atoms with Gasteiger partial charge in [-0.25, -0.2) is 0 Å². The van der Waals surface area contributed by atoms with Gasteiger partial charge in [-0.15, -0.1) is 0 Å². The first-order valence-corrected chi connectivity index (χ1v) is 10.5. The number of para-hydroxylation sites is 1. The average molecular weight is 455 g/mol. The number of halogens is 2. The number of methoxy groups -OCH3 is 1. The summed E-state index contributed by atoms with van der Waals surface area (Å²) < 4.78 is 19.4. The molecular weight excluding hydrogens is 435 g/mol. The van der Waals surface area contributed by atoms with Crippen molar-refractivity contribution < 1.29 is 19.0 Å². The fourth-order valence-corrected chi connectivity index (χ4v) is 4.28. The van der Waals surface area contributed by atoms with E-state index in [1.54, 1.807) is 25.3 Å². The van der Waals surface area contributed by atoms with E-state index in [9.17, 15) is 4.79 Å². The molecule has 0 aliphatic carbocycles. The summed E-state index contributed by atoms with van der Waals surface area (Å²) >= 11 is 13.4. The molecule has 0 aliphatic heterocycles. The Labute approximate surface area is 182 Å². The molecule has 6 nitrogen and oxygen atoms in total. The fourth-order valence-electron chi connectivity index (χ4n) is 2.73. The van der Waals surface area contributed by atoms with Gasteiger partial charge in [0.05, 0.1) is 23.4 Å². The van der Waals surface area contributed by atoms with Gasteiger partial charge < -0.3 is 18.8 Å². The SMILES string of the molecule is CCOCCn1c(=NC(=O)COc2ccc(Cl)cc2Cl)sc2cccc(OC)c21. The third kappa shape index (κ3) is 5.30. The number of ether oxygens (including phenoxy) is 3. The summed E-state index contributed by atoms with van der Waals surface area (Å²) in [6.45, 7) is 3.35. The zero-order chi connectivity index (χ0) is 20.8. The highest BCUT2D eigenvalue weighted by Crippen LogP contribution is 2.28. The van der Waals surface area contributed by atoms with Gasteiger partial charge in [0.15, 0.2) is 11.4 Å². The van der Waals surface area contributed by atoms with Crippen LogP contribution in [0.1, 0.15) is 6.92 Å². The fraction of sp³-hybridized carbons (Fsp3) is 0.300. The minimum Gasteiger partial charge on any atom is -0.495 e. The quantitative estimate of drug-likeness (QED) is 0.468. The molecule has 3 aromatic rings. The highest BCUT2D eigenvalue weighted by atomic mass is 35.5. The summed E-state index contributed by atoms with van der Waals surface area (Å²) in [7, 11) is 1.62. The summed E-state index contributed by atoms with van der Waals surface area (Å²) in [5.41, 5.74) is 0.882. The topological polar surface area (TPSA) is 62.1 Å². The largest absolute Gasteiger partial charge is 0.495 e. The van der Waals surface area contributed by atoms with E-state index in [0.717, 1.165) is 10.2 Å². The molecule has 1 amide bonds. The first-order chi connectivity index (χ1) is 14.0. The molecule has 0 atom stereocenters. The van der Waals surface area contributed by atoms with Crippen LogP contribution < -0.4 is 14.3 Å². The predicted molar refractivity (Wildman–Crippen MR) is 115 cm³/mol. The van der Waals surface area contributed by atoms with E-state index in [0.29, 0.717) is 46.1 Å². The van der Waals surface area contributed by atoms with Gasteiger partial charge in [0.2, 0.25) is 0 Å². The van der Waals surface area contributed by atoms with Gasteiger partial charge in [0.25, 0.3) is 5.91 Å². The number of aromatic nitrogens is 1. The molecule has 0 bridgehead atoms. The van der Waals surface area contributed by atoms with Crippen LogP contribution in [0.3, 0.4) is 0 Å². The van der Waals surface area contributed by atoms with Crippen molar-refractivity contribution in [2.75, 3.05) is 26.9 Å². The number of nitrogens with zero attached hydrogens (tertiary/aromatic N) is 2. The maximum Gasteiger partial charge on any atom is 0.286 e. The number of carbonyl (C=O) groups excluding carboxylic acids is 1. The molecule has 0 radical (unpaired) electrons. The molecule has 1 aromatic heterocycles. The molecule has 2 aromatic carbocycles. The van der Waals surface area contributed by atoms with E-state index < -0.39 is 5.91 Å². The number of hydrogen-bond donors (Lipinski definition) is 0. The van der Waals surface area contributed by atoms with E-state index in [2.05, 4.69) is 4.99 Å². The molecule has 29 heavy (non-hydrogen) atoms. The van der Waals surface area contributed by atoms with Crippen LogP contribution >= 0.6 is 34.5 Å². The second kappa shape index (κ2) is 10.1. The van der Waals surface area contributed by atoms with Gasteiger partial charge >= 0.3 is 0 Å². The van der Waals surface area contributed by atoms with Crippen LogP contribution in [-0.4, -0.2) is 37.4 Å². The van der Waals surface area contributed by atoms with Gasteiger partial charge in [-0.2, -0.15) is 4.99 Å². The summed E-state index contributed by atoms with van der Waals surface area (Å²) in [5.74, 6) is 0.668. The zero-order valence-electron chi connectivity index (χ0n) is 16.0. The second-order valence-electron chi connectivity index (χ2n) is 5.91. The number of fused-ring (bicyclic) bond motifs is 1. The Balaban J connectivity index is 1.89. The molecule has 0 aliphatic rings. The molecular formula is C20H20Cl2N2O4S. The van der Waals surface area contributed by atoms with Crippen molar-refractivity contribution >= 4 is 50.7 Å². The van der Waals surface area contributed by atoms with Crippen LogP contribution in [0.25, 0.3) is 10.2 Å². The van der Waals surface area contributed by atoms with E-state index in [4.69, 9.17) is 37.4 Å². The lowest BCUT2D eigenvalue weighted by molar-refractivity contribution is -0.120. The number of rotatable bonds is 8. The van der Waals surface area contributed by atoms with Crippen molar-refractivity contribution in [2.45, 2.75) is 13.5 Å². The highest BCUT2D eigenvalue weighted by Gasteiger charge is 2.13. The van der Waals surface area contributed by atoms with Gasteiger partial charge in [-0.05, 0) is 37.3 Å². The monoisotopic (exact) mass is 454 g/mol. The van der Waals surface area contributed by atoms with Gasteiger partial charge in [0, 0.05) is 18.2 Å². The lowest BCUT2D eigenvalue weighted by Gasteiger charge is -2.09. The summed E-state index contributed by atoms with van der Waals surface area (Å²) in [4.78, 5) is 17.3. The maximum atomic E-state index is 12.4. The average Bonchev–Trinajstić information content (AvgIpc) is 3.04. The van der Waals surface area contributed by atoms with Gasteiger partial charge in [-0.1, -0.05) is 40.6 Å². The minimum absolute atomic E-state index is 0.238. The Morgan fingerprint density at radius 3 is 2.76 bits per heavy atom. The molecule has 0 spiro atoms. The lowest BCUT2D eigenvalue weighted by Crippen LogP contribution is -2.21. The lowest BCUT2D eigenvalue weighted by atomic mass is 10.3. The Bertz CT molecular complexity index is 1080. The molecule has 0 saturated carbocycles. The normalized spacial score (nSPS) is 11.8. The first kappa shape index (κ1) is 21.6. The molecule has 9 heteroatoms. The second-order valence-corrected chi connectivity index (χ2v) is 7.76. The summed E-state index contributed by atoms with van der Waals surface area (Å²) in [5, 5.41) is 0.830. The van der Waals surface area contributed by atoms with Crippen molar-refractivity contribution in [2.24, 2.45) is 4.99 Å². The molecule has 3 rings (SSSR count). The molecule has 0 N–H and O–H groups in total. The third-order valence-corrected chi connectivity index (χ3v) is 5.59. The maximum absolute atomic E-state index is 12.4. The van der Waals surface area contributed by atoms with Gasteiger partial charge in [0.1, 0.15) is 17.0 Å². The smallest absolute Gasteiger partial charge is 0.286 e.